The van der Waals surface area contributed by atoms with E-state index in [9.17, 15) is 18.7 Å². The molecule has 198 valence electrons. The van der Waals surface area contributed by atoms with Gasteiger partial charge in [0.2, 0.25) is 0 Å². The highest BCUT2D eigenvalue weighted by atomic mass is 19.1. The number of nitrogens with zero attached hydrogens (tertiary/aromatic N) is 1. The van der Waals surface area contributed by atoms with E-state index in [4.69, 9.17) is 0 Å². The van der Waals surface area contributed by atoms with Crippen LogP contribution >= 0.6 is 0 Å². The number of benzene rings is 3. The van der Waals surface area contributed by atoms with Crippen molar-refractivity contribution in [1.82, 2.24) is 4.90 Å². The Kier molecular flexibility index (Phi) is 7.75. The van der Waals surface area contributed by atoms with Gasteiger partial charge >= 0.3 is 5.97 Å². The summed E-state index contributed by atoms with van der Waals surface area (Å²) in [6.07, 6.45) is 4.14. The van der Waals surface area contributed by atoms with Crippen LogP contribution in [-0.4, -0.2) is 42.3 Å². The van der Waals surface area contributed by atoms with Crippen LogP contribution in [0.5, 0.6) is 0 Å². The van der Waals surface area contributed by atoms with Gasteiger partial charge in [-0.25, -0.2) is 9.18 Å². The van der Waals surface area contributed by atoms with Crippen molar-refractivity contribution < 1.29 is 18.7 Å². The molecule has 0 radical (unpaired) electrons. The SMILES string of the molecule is Cc1cc(F)cc(C)c1C1=C(c2ccc(CC3CN(CCCF)C3)cc2)c2ccc(C(=O)O)cc2CCC1. The number of hydrogen-bond acceptors (Lipinski definition) is 2. The summed E-state index contributed by atoms with van der Waals surface area (Å²) in [5.41, 5.74) is 10.0. The Balaban J connectivity index is 1.54. The first kappa shape index (κ1) is 26.3. The van der Waals surface area contributed by atoms with Crippen LogP contribution in [0.3, 0.4) is 0 Å². The van der Waals surface area contributed by atoms with Gasteiger partial charge in [-0.15, -0.1) is 0 Å². The van der Waals surface area contributed by atoms with E-state index in [1.165, 1.54) is 11.1 Å². The number of alkyl halides is 1. The summed E-state index contributed by atoms with van der Waals surface area (Å²) >= 11 is 0. The van der Waals surface area contributed by atoms with Gasteiger partial charge in [0.05, 0.1) is 12.2 Å². The highest BCUT2D eigenvalue weighted by molar-refractivity contribution is 6.01. The molecular weight excluding hydrogens is 480 g/mol. The molecule has 5 heteroatoms. The molecule has 3 aromatic rings. The summed E-state index contributed by atoms with van der Waals surface area (Å²) in [6.45, 7) is 6.58. The maximum absolute atomic E-state index is 14.2. The Bertz CT molecular complexity index is 1350. The minimum atomic E-state index is -0.920. The van der Waals surface area contributed by atoms with Crippen LogP contribution in [0.1, 0.15) is 68.6 Å². The molecule has 1 fully saturated rings. The molecule has 0 aromatic heterocycles. The Hall–Kier alpha value is -3.31. The van der Waals surface area contributed by atoms with E-state index in [1.807, 2.05) is 26.0 Å². The lowest BCUT2D eigenvalue weighted by Gasteiger charge is -2.39. The first-order chi connectivity index (χ1) is 18.3. The van der Waals surface area contributed by atoms with Gasteiger partial charge < -0.3 is 10.0 Å². The number of likely N-dealkylation sites (tertiary alicyclic amines) is 1. The number of hydrogen-bond donors (Lipinski definition) is 1. The number of fused-ring (bicyclic) bond motifs is 1. The Morgan fingerprint density at radius 2 is 1.71 bits per heavy atom. The lowest BCUT2D eigenvalue weighted by Crippen LogP contribution is -2.47. The second-order valence-corrected chi connectivity index (χ2v) is 10.9. The second-order valence-electron chi connectivity index (χ2n) is 10.9. The molecule has 0 spiro atoms. The lowest BCUT2D eigenvalue weighted by atomic mass is 9.84. The predicted octanol–water partition coefficient (Wildman–Crippen LogP) is 7.27. The molecule has 3 aromatic carbocycles. The topological polar surface area (TPSA) is 40.5 Å². The lowest BCUT2D eigenvalue weighted by molar-refractivity contribution is 0.0696. The van der Waals surface area contributed by atoms with Crippen LogP contribution in [-0.2, 0) is 12.8 Å². The number of aryl methyl sites for hydroxylation is 3. The van der Waals surface area contributed by atoms with Crippen LogP contribution < -0.4 is 0 Å². The van der Waals surface area contributed by atoms with Crippen LogP contribution in [0.4, 0.5) is 8.78 Å². The molecule has 1 aliphatic heterocycles. The van der Waals surface area contributed by atoms with E-state index >= 15 is 0 Å². The second kappa shape index (κ2) is 11.2. The minimum absolute atomic E-state index is 0.227. The first-order valence-electron chi connectivity index (χ1n) is 13.6. The first-order valence-corrected chi connectivity index (χ1v) is 13.6. The van der Waals surface area contributed by atoms with Crippen LogP contribution in [0.2, 0.25) is 0 Å². The van der Waals surface area contributed by atoms with Crippen LogP contribution in [0, 0.1) is 25.6 Å². The molecule has 1 N–H and O–H groups in total. The minimum Gasteiger partial charge on any atom is -0.478 e. The van der Waals surface area contributed by atoms with Crippen molar-refractivity contribution in [2.75, 3.05) is 26.3 Å². The summed E-state index contributed by atoms with van der Waals surface area (Å²) in [6, 6.07) is 17.4. The van der Waals surface area contributed by atoms with E-state index in [1.54, 1.807) is 18.2 Å². The number of aromatic carboxylic acids is 1. The average Bonchev–Trinajstić information content (AvgIpc) is 3.04. The fourth-order valence-electron chi connectivity index (χ4n) is 6.30. The zero-order chi connectivity index (χ0) is 26.8. The largest absolute Gasteiger partial charge is 0.478 e. The summed E-state index contributed by atoms with van der Waals surface area (Å²) in [5.74, 6) is -0.543. The standard InChI is InChI=1S/C33H35F2NO2/c1-21-15-28(35)16-22(2)31(21)30-6-3-5-26-18-27(33(37)38)11-12-29(26)32(30)25-9-7-23(8-10-25)17-24-19-36(20-24)14-4-13-34/h7-12,15-16,18,24H,3-6,13-14,17,19-20H2,1-2H3,(H,37,38). The van der Waals surface area contributed by atoms with Crippen molar-refractivity contribution in [2.45, 2.75) is 46.0 Å². The van der Waals surface area contributed by atoms with Gasteiger partial charge in [-0.1, -0.05) is 30.3 Å². The van der Waals surface area contributed by atoms with Crippen molar-refractivity contribution in [1.29, 1.82) is 0 Å². The molecule has 0 bridgehead atoms. The zero-order valence-corrected chi connectivity index (χ0v) is 22.2. The molecule has 0 atom stereocenters. The molecule has 5 rings (SSSR count). The van der Waals surface area contributed by atoms with E-state index in [0.717, 1.165) is 84.3 Å². The molecule has 1 aliphatic carbocycles. The third-order valence-electron chi connectivity index (χ3n) is 8.00. The molecule has 1 saturated heterocycles. The summed E-state index contributed by atoms with van der Waals surface area (Å²) < 4.78 is 26.7. The molecule has 1 heterocycles. The van der Waals surface area contributed by atoms with Gasteiger partial charge in [0.15, 0.2) is 0 Å². The fourth-order valence-corrected chi connectivity index (χ4v) is 6.30. The van der Waals surface area contributed by atoms with E-state index in [-0.39, 0.29) is 12.5 Å². The van der Waals surface area contributed by atoms with Crippen molar-refractivity contribution in [3.8, 4) is 0 Å². The molecule has 3 nitrogen and oxygen atoms in total. The summed E-state index contributed by atoms with van der Waals surface area (Å²) in [5, 5.41) is 9.59. The van der Waals surface area contributed by atoms with Crippen LogP contribution in [0.15, 0.2) is 54.6 Å². The third kappa shape index (κ3) is 5.44. The van der Waals surface area contributed by atoms with E-state index in [2.05, 4.69) is 29.2 Å². The number of carbonyl (C=O) groups is 1. The molecule has 38 heavy (non-hydrogen) atoms. The maximum Gasteiger partial charge on any atom is 0.335 e. The van der Waals surface area contributed by atoms with Gasteiger partial charge in [0, 0.05) is 19.6 Å². The highest BCUT2D eigenvalue weighted by Crippen LogP contribution is 2.42. The van der Waals surface area contributed by atoms with Crippen molar-refractivity contribution >= 4 is 17.1 Å². The monoisotopic (exact) mass is 515 g/mol. The van der Waals surface area contributed by atoms with Gasteiger partial charge in [-0.3, -0.25) is 4.39 Å². The predicted molar refractivity (Wildman–Crippen MR) is 149 cm³/mol. The van der Waals surface area contributed by atoms with E-state index < -0.39 is 5.97 Å². The molecule has 0 unspecified atom stereocenters. The Morgan fingerprint density at radius 1 is 1.00 bits per heavy atom. The smallest absolute Gasteiger partial charge is 0.335 e. The summed E-state index contributed by atoms with van der Waals surface area (Å²) in [4.78, 5) is 14.0. The number of allylic oxidation sites excluding steroid dienone is 1. The van der Waals surface area contributed by atoms with Gasteiger partial charge in [0.1, 0.15) is 5.82 Å². The van der Waals surface area contributed by atoms with Gasteiger partial charge in [0.25, 0.3) is 0 Å². The van der Waals surface area contributed by atoms with Crippen molar-refractivity contribution in [3.63, 3.8) is 0 Å². The molecule has 0 amide bonds. The number of halogens is 2. The normalized spacial score (nSPS) is 16.2. The van der Waals surface area contributed by atoms with Crippen LogP contribution in [0.25, 0.3) is 11.1 Å². The van der Waals surface area contributed by atoms with Gasteiger partial charge in [-0.05, 0) is 126 Å². The zero-order valence-electron chi connectivity index (χ0n) is 22.2. The average molecular weight is 516 g/mol. The number of carboxylic acid groups (broad SMARTS) is 1. The molecular formula is C33H35F2NO2. The number of rotatable bonds is 8. The highest BCUT2D eigenvalue weighted by Gasteiger charge is 2.27. The van der Waals surface area contributed by atoms with Crippen molar-refractivity contribution in [2.24, 2.45) is 5.92 Å². The fraction of sp³-hybridized carbons (Fsp3) is 0.364. The van der Waals surface area contributed by atoms with Gasteiger partial charge in [-0.2, -0.15) is 0 Å². The third-order valence-corrected chi connectivity index (χ3v) is 8.00. The molecule has 0 saturated carbocycles. The van der Waals surface area contributed by atoms with Crippen molar-refractivity contribution in [3.05, 3.63) is 105 Å². The molecule has 2 aliphatic rings. The Morgan fingerprint density at radius 3 is 2.37 bits per heavy atom. The summed E-state index contributed by atoms with van der Waals surface area (Å²) in [7, 11) is 0. The quantitative estimate of drug-likeness (QED) is 0.343. The van der Waals surface area contributed by atoms with E-state index in [0.29, 0.717) is 17.9 Å². The maximum atomic E-state index is 14.2. The Labute approximate surface area is 223 Å². The number of carboxylic acids is 1.